The lowest BCUT2D eigenvalue weighted by Crippen LogP contribution is -2.34. The minimum atomic E-state index is -4.45. The Morgan fingerprint density at radius 2 is 1.85 bits per heavy atom. The molecule has 4 nitrogen and oxygen atoms in total. The van der Waals surface area contributed by atoms with Gasteiger partial charge >= 0.3 is 6.18 Å². The normalized spacial score (nSPS) is 18.0. The molecule has 1 aliphatic rings. The van der Waals surface area contributed by atoms with Crippen LogP contribution in [0.3, 0.4) is 0 Å². The van der Waals surface area contributed by atoms with E-state index < -0.39 is 11.7 Å². The molecule has 7 heteroatoms. The van der Waals surface area contributed by atoms with Gasteiger partial charge in [-0.05, 0) is 75.5 Å². The van der Waals surface area contributed by atoms with Crippen molar-refractivity contribution < 1.29 is 22.6 Å². The summed E-state index contributed by atoms with van der Waals surface area (Å²) in [5.41, 5.74) is 1.49. The fourth-order valence-corrected chi connectivity index (χ4v) is 4.18. The fraction of sp³-hybridized carbons (Fsp3) is 0.423. The van der Waals surface area contributed by atoms with Gasteiger partial charge in [0.25, 0.3) is 0 Å². The van der Waals surface area contributed by atoms with E-state index in [9.17, 15) is 13.2 Å². The van der Waals surface area contributed by atoms with Gasteiger partial charge in [0.15, 0.2) is 0 Å². The van der Waals surface area contributed by atoms with Crippen LogP contribution in [0.4, 0.5) is 13.2 Å². The molecular formula is C26H31F3N2O2. The Bertz CT molecular complexity index is 998. The first-order chi connectivity index (χ1) is 15.8. The third kappa shape index (κ3) is 6.16. The van der Waals surface area contributed by atoms with Crippen LogP contribution in [0.25, 0.3) is 5.70 Å². The number of hydrogen-bond acceptors (Lipinski definition) is 4. The Balaban J connectivity index is 1.87. The Kier molecular flexibility index (Phi) is 8.19. The van der Waals surface area contributed by atoms with Crippen LogP contribution in [0.5, 0.6) is 5.75 Å². The number of alkyl halides is 3. The number of halogens is 3. The number of ether oxygens (including phenoxy) is 2. The first-order valence-electron chi connectivity index (χ1n) is 11.1. The first-order valence-corrected chi connectivity index (χ1v) is 11.1. The standard InChI is InChI=1S/C26H31F3N2O2/c1-5-23(30-25(33-4)24-7-6-16-31(24)2)20-13-12-19(22(17-20)26(27,28)29)11-8-18-9-14-21(32-3)15-10-18/h5,9-10,12-15,17,24H,6-8,11,16H2,1-4H3/b23-5-,30-25?. The minimum Gasteiger partial charge on any atom is -0.497 e. The van der Waals surface area contributed by atoms with Crippen molar-refractivity contribution in [3.63, 3.8) is 0 Å². The molecule has 3 rings (SSSR count). The second-order valence-corrected chi connectivity index (χ2v) is 8.18. The summed E-state index contributed by atoms with van der Waals surface area (Å²) in [7, 11) is 5.14. The van der Waals surface area contributed by atoms with E-state index in [2.05, 4.69) is 9.89 Å². The van der Waals surface area contributed by atoms with Gasteiger partial charge in [-0.25, -0.2) is 4.99 Å². The van der Waals surface area contributed by atoms with E-state index in [4.69, 9.17) is 9.47 Å². The number of likely N-dealkylation sites (tertiary alicyclic amines) is 1. The lowest BCUT2D eigenvalue weighted by atomic mass is 9.96. The number of rotatable bonds is 7. The van der Waals surface area contributed by atoms with Crippen molar-refractivity contribution in [2.45, 2.75) is 44.8 Å². The maximum Gasteiger partial charge on any atom is 0.416 e. The molecule has 1 atom stereocenters. The summed E-state index contributed by atoms with van der Waals surface area (Å²) < 4.78 is 52.5. The largest absolute Gasteiger partial charge is 0.497 e. The molecule has 1 heterocycles. The summed E-state index contributed by atoms with van der Waals surface area (Å²) in [4.78, 5) is 6.76. The number of aliphatic imine (C=N–C) groups is 1. The zero-order chi connectivity index (χ0) is 24.0. The van der Waals surface area contributed by atoms with Gasteiger partial charge in [0.1, 0.15) is 5.75 Å². The number of benzene rings is 2. The van der Waals surface area contributed by atoms with Crippen LogP contribution in [0.15, 0.2) is 53.5 Å². The highest BCUT2D eigenvalue weighted by Gasteiger charge is 2.34. The van der Waals surface area contributed by atoms with E-state index >= 15 is 0 Å². The van der Waals surface area contributed by atoms with Crippen LogP contribution < -0.4 is 4.74 Å². The van der Waals surface area contributed by atoms with E-state index in [1.165, 1.54) is 6.07 Å². The Morgan fingerprint density at radius 1 is 1.12 bits per heavy atom. The van der Waals surface area contributed by atoms with Crippen LogP contribution in [-0.2, 0) is 23.8 Å². The fourth-order valence-electron chi connectivity index (χ4n) is 4.18. The number of aryl methyl sites for hydroxylation is 2. The number of allylic oxidation sites excluding steroid dienone is 1. The smallest absolute Gasteiger partial charge is 0.416 e. The molecular weight excluding hydrogens is 429 g/mol. The SMILES string of the molecule is C/C=C(\N=C(OC)C1CCCN1C)c1ccc(CCc2ccc(OC)cc2)c(C(F)(F)F)c1. The summed E-state index contributed by atoms with van der Waals surface area (Å²) in [6, 6.07) is 11.9. The molecule has 178 valence electrons. The maximum absolute atomic E-state index is 13.9. The summed E-state index contributed by atoms with van der Waals surface area (Å²) in [5, 5.41) is 0. The summed E-state index contributed by atoms with van der Waals surface area (Å²) in [6.07, 6.45) is 0.00707. The van der Waals surface area contributed by atoms with Gasteiger partial charge in [-0.2, -0.15) is 13.2 Å². The first kappa shape index (κ1) is 24.8. The van der Waals surface area contributed by atoms with Gasteiger partial charge in [0.05, 0.1) is 31.5 Å². The summed E-state index contributed by atoms with van der Waals surface area (Å²) >= 11 is 0. The molecule has 0 amide bonds. The van der Waals surface area contributed by atoms with Gasteiger partial charge in [-0.15, -0.1) is 0 Å². The van der Waals surface area contributed by atoms with Gasteiger partial charge in [-0.1, -0.05) is 30.3 Å². The molecule has 1 fully saturated rings. The molecule has 33 heavy (non-hydrogen) atoms. The van der Waals surface area contributed by atoms with Crippen molar-refractivity contribution in [1.82, 2.24) is 4.90 Å². The van der Waals surface area contributed by atoms with Crippen LogP contribution in [0, 0.1) is 0 Å². The summed E-state index contributed by atoms with van der Waals surface area (Å²) in [5.74, 6) is 1.25. The van der Waals surface area contributed by atoms with Gasteiger partial charge in [-0.3, -0.25) is 4.90 Å². The van der Waals surface area contributed by atoms with Crippen LogP contribution in [0.1, 0.15) is 42.0 Å². The highest BCUT2D eigenvalue weighted by molar-refractivity contribution is 5.88. The number of nitrogens with zero attached hydrogens (tertiary/aromatic N) is 2. The van der Waals surface area contributed by atoms with Crippen molar-refractivity contribution >= 4 is 11.6 Å². The molecule has 0 spiro atoms. The van der Waals surface area contributed by atoms with E-state index in [1.807, 2.05) is 31.3 Å². The van der Waals surface area contributed by atoms with Crippen LogP contribution in [-0.4, -0.2) is 44.7 Å². The number of likely N-dealkylation sites (N-methyl/N-ethyl adjacent to an activating group) is 1. The van der Waals surface area contributed by atoms with Crippen molar-refractivity contribution in [3.8, 4) is 5.75 Å². The van der Waals surface area contributed by atoms with E-state index in [0.717, 1.165) is 30.7 Å². The molecule has 0 aliphatic carbocycles. The average molecular weight is 461 g/mol. The quantitative estimate of drug-likeness (QED) is 0.375. The predicted molar refractivity (Wildman–Crippen MR) is 126 cm³/mol. The lowest BCUT2D eigenvalue weighted by molar-refractivity contribution is -0.138. The van der Waals surface area contributed by atoms with Crippen molar-refractivity contribution in [3.05, 3.63) is 70.8 Å². The van der Waals surface area contributed by atoms with Crippen LogP contribution >= 0.6 is 0 Å². The van der Waals surface area contributed by atoms with E-state index in [1.54, 1.807) is 39.4 Å². The highest BCUT2D eigenvalue weighted by Crippen LogP contribution is 2.35. The molecule has 2 aromatic rings. The maximum atomic E-state index is 13.9. The van der Waals surface area contributed by atoms with Crippen LogP contribution in [0.2, 0.25) is 0 Å². The molecule has 0 bridgehead atoms. The third-order valence-corrected chi connectivity index (χ3v) is 6.07. The highest BCUT2D eigenvalue weighted by atomic mass is 19.4. The van der Waals surface area contributed by atoms with E-state index in [0.29, 0.717) is 23.6 Å². The average Bonchev–Trinajstić information content (AvgIpc) is 3.24. The monoisotopic (exact) mass is 460 g/mol. The molecule has 0 N–H and O–H groups in total. The molecule has 0 saturated carbocycles. The molecule has 0 radical (unpaired) electrons. The van der Waals surface area contributed by atoms with Gasteiger partial charge in [0.2, 0.25) is 5.90 Å². The molecule has 1 aliphatic heterocycles. The third-order valence-electron chi connectivity index (χ3n) is 6.07. The van der Waals surface area contributed by atoms with E-state index in [-0.39, 0.29) is 18.0 Å². The Labute approximate surface area is 193 Å². The summed E-state index contributed by atoms with van der Waals surface area (Å²) in [6.45, 7) is 2.72. The second-order valence-electron chi connectivity index (χ2n) is 8.18. The molecule has 1 saturated heterocycles. The van der Waals surface area contributed by atoms with Gasteiger partial charge in [0, 0.05) is 5.56 Å². The second kappa shape index (κ2) is 10.9. The minimum absolute atomic E-state index is 0.0378. The zero-order valence-corrected chi connectivity index (χ0v) is 19.6. The number of methoxy groups -OCH3 is 2. The van der Waals surface area contributed by atoms with Gasteiger partial charge < -0.3 is 9.47 Å². The van der Waals surface area contributed by atoms with Crippen molar-refractivity contribution in [2.24, 2.45) is 4.99 Å². The van der Waals surface area contributed by atoms with Crippen molar-refractivity contribution in [1.29, 1.82) is 0 Å². The topological polar surface area (TPSA) is 34.1 Å². The molecule has 2 aromatic carbocycles. The number of hydrogen-bond donors (Lipinski definition) is 0. The Hall–Kier alpha value is -2.80. The van der Waals surface area contributed by atoms with Crippen molar-refractivity contribution in [2.75, 3.05) is 27.8 Å². The molecule has 1 unspecified atom stereocenters. The molecule has 0 aromatic heterocycles. The predicted octanol–water partition coefficient (Wildman–Crippen LogP) is 6.00. The lowest BCUT2D eigenvalue weighted by Gasteiger charge is -2.21. The zero-order valence-electron chi connectivity index (χ0n) is 19.6. The Morgan fingerprint density at radius 3 is 2.39 bits per heavy atom.